The number of ketones is 1. The number of aliphatic hydroxyl groups excluding tert-OH is 1. The molecule has 2 aromatic rings. The Morgan fingerprint density at radius 3 is 2.50 bits per heavy atom. The van der Waals surface area contributed by atoms with Gasteiger partial charge in [0.1, 0.15) is 11.5 Å². The zero-order chi connectivity index (χ0) is 21.5. The number of benzene rings is 1. The molecule has 1 atom stereocenters. The number of nitrogens with zero attached hydrogens (tertiary/aromatic N) is 2. The molecule has 6 heteroatoms. The minimum atomic E-state index is -0.672. The smallest absolute Gasteiger partial charge is 0.295 e. The Hall–Kier alpha value is -3.15. The fraction of sp³-hybridized carbons (Fsp3) is 0.375. The topological polar surface area (TPSA) is 79.7 Å². The molecule has 0 spiro atoms. The number of hydrogen-bond acceptors (Lipinski definition) is 5. The number of Topliss-reactive ketones (excluding diaryl/α,β-unsaturated/α-hetero) is 1. The van der Waals surface area contributed by atoms with Gasteiger partial charge in [0.05, 0.1) is 18.2 Å². The number of aliphatic hydroxyl groups is 1. The molecule has 0 aliphatic carbocycles. The van der Waals surface area contributed by atoms with E-state index >= 15 is 0 Å². The minimum absolute atomic E-state index is 0.0954. The number of rotatable bonds is 9. The van der Waals surface area contributed by atoms with E-state index in [2.05, 4.69) is 11.9 Å². The highest BCUT2D eigenvalue weighted by Crippen LogP contribution is 2.39. The highest BCUT2D eigenvalue weighted by atomic mass is 16.5. The molecule has 1 aromatic heterocycles. The maximum absolute atomic E-state index is 12.8. The van der Waals surface area contributed by atoms with Gasteiger partial charge < -0.3 is 14.7 Å². The van der Waals surface area contributed by atoms with E-state index in [1.165, 1.54) is 4.90 Å². The highest BCUT2D eigenvalue weighted by molar-refractivity contribution is 6.46. The van der Waals surface area contributed by atoms with Crippen molar-refractivity contribution in [1.82, 2.24) is 9.88 Å². The molecule has 0 saturated carbocycles. The van der Waals surface area contributed by atoms with E-state index in [0.29, 0.717) is 36.4 Å². The Labute approximate surface area is 177 Å². The van der Waals surface area contributed by atoms with Crippen LogP contribution in [0.5, 0.6) is 5.75 Å². The van der Waals surface area contributed by atoms with E-state index < -0.39 is 17.7 Å². The molecule has 1 unspecified atom stereocenters. The first-order valence-electron chi connectivity index (χ1n) is 10.5. The normalized spacial score (nSPS) is 18.1. The number of hydrogen-bond donors (Lipinski definition) is 1. The second kappa shape index (κ2) is 10.1. The summed E-state index contributed by atoms with van der Waals surface area (Å²) in [5.41, 5.74) is 1.26. The molecule has 0 radical (unpaired) electrons. The third kappa shape index (κ3) is 4.53. The minimum Gasteiger partial charge on any atom is -0.507 e. The van der Waals surface area contributed by atoms with Gasteiger partial charge in [-0.15, -0.1) is 0 Å². The summed E-state index contributed by atoms with van der Waals surface area (Å²) >= 11 is 0. The van der Waals surface area contributed by atoms with Crippen LogP contribution in [-0.4, -0.2) is 39.8 Å². The van der Waals surface area contributed by atoms with Gasteiger partial charge in [-0.25, -0.2) is 0 Å². The zero-order valence-corrected chi connectivity index (χ0v) is 17.5. The second-order valence-corrected chi connectivity index (χ2v) is 7.36. The molecule has 1 saturated heterocycles. The van der Waals surface area contributed by atoms with Crippen molar-refractivity contribution >= 4 is 17.4 Å². The van der Waals surface area contributed by atoms with Crippen molar-refractivity contribution in [1.29, 1.82) is 0 Å². The molecular weight excluding hydrogens is 380 g/mol. The van der Waals surface area contributed by atoms with Gasteiger partial charge in [-0.05, 0) is 48.7 Å². The van der Waals surface area contributed by atoms with E-state index in [9.17, 15) is 14.7 Å². The van der Waals surface area contributed by atoms with Crippen LogP contribution >= 0.6 is 0 Å². The van der Waals surface area contributed by atoms with Crippen LogP contribution in [0.4, 0.5) is 0 Å². The van der Waals surface area contributed by atoms with Crippen molar-refractivity contribution in [2.24, 2.45) is 0 Å². The average Bonchev–Trinajstić information content (AvgIpc) is 3.02. The summed E-state index contributed by atoms with van der Waals surface area (Å²) in [6.07, 6.45) is 7.20. The zero-order valence-electron chi connectivity index (χ0n) is 17.5. The molecule has 1 aliphatic heterocycles. The van der Waals surface area contributed by atoms with Gasteiger partial charge in [0.15, 0.2) is 0 Å². The molecule has 1 aliphatic rings. The van der Waals surface area contributed by atoms with Gasteiger partial charge in [-0.2, -0.15) is 0 Å². The van der Waals surface area contributed by atoms with E-state index in [0.717, 1.165) is 19.3 Å². The van der Waals surface area contributed by atoms with Crippen LogP contribution in [0, 0.1) is 0 Å². The second-order valence-electron chi connectivity index (χ2n) is 7.36. The lowest BCUT2D eigenvalue weighted by atomic mass is 9.96. The molecule has 6 nitrogen and oxygen atoms in total. The molecular formula is C24H28N2O4. The first kappa shape index (κ1) is 21.6. The Morgan fingerprint density at radius 1 is 1.10 bits per heavy atom. The van der Waals surface area contributed by atoms with Crippen molar-refractivity contribution in [2.45, 2.75) is 45.6 Å². The molecule has 1 N–H and O–H groups in total. The Balaban J connectivity index is 1.93. The molecule has 1 aromatic carbocycles. The summed E-state index contributed by atoms with van der Waals surface area (Å²) in [6.45, 7) is 5.15. The quantitative estimate of drug-likeness (QED) is 0.286. The molecule has 1 fully saturated rings. The number of aromatic nitrogens is 1. The van der Waals surface area contributed by atoms with Crippen molar-refractivity contribution in [3.05, 3.63) is 65.5 Å². The SMILES string of the molecule is CCCCCOc1ccc(/C(O)=C2/C(=O)C(=O)N(CCC)C2c2cccnc2)cc1. The number of pyridine rings is 1. The number of ether oxygens (including phenoxy) is 1. The van der Waals surface area contributed by atoms with Crippen molar-refractivity contribution in [3.63, 3.8) is 0 Å². The largest absolute Gasteiger partial charge is 0.507 e. The Bertz CT molecular complexity index is 907. The van der Waals surface area contributed by atoms with Gasteiger partial charge in [0, 0.05) is 24.5 Å². The van der Waals surface area contributed by atoms with E-state index in [4.69, 9.17) is 4.74 Å². The third-order valence-electron chi connectivity index (χ3n) is 5.15. The first-order valence-corrected chi connectivity index (χ1v) is 10.5. The van der Waals surface area contributed by atoms with Crippen LogP contribution in [0.2, 0.25) is 0 Å². The maximum Gasteiger partial charge on any atom is 0.295 e. The maximum atomic E-state index is 12.8. The lowest BCUT2D eigenvalue weighted by Gasteiger charge is -2.24. The number of likely N-dealkylation sites (tertiary alicyclic amines) is 1. The lowest BCUT2D eigenvalue weighted by Crippen LogP contribution is -2.30. The van der Waals surface area contributed by atoms with Crippen LogP contribution in [0.3, 0.4) is 0 Å². The molecule has 158 valence electrons. The van der Waals surface area contributed by atoms with Crippen LogP contribution < -0.4 is 4.74 Å². The van der Waals surface area contributed by atoms with Crippen LogP contribution in [0.15, 0.2) is 54.4 Å². The van der Waals surface area contributed by atoms with Gasteiger partial charge in [0.2, 0.25) is 0 Å². The first-order chi connectivity index (χ1) is 14.6. The van der Waals surface area contributed by atoms with E-state index in [1.54, 1.807) is 42.7 Å². The lowest BCUT2D eigenvalue weighted by molar-refractivity contribution is -0.139. The summed E-state index contributed by atoms with van der Waals surface area (Å²) in [4.78, 5) is 31.1. The van der Waals surface area contributed by atoms with Crippen LogP contribution in [0.25, 0.3) is 5.76 Å². The summed E-state index contributed by atoms with van der Waals surface area (Å²) < 4.78 is 5.71. The highest BCUT2D eigenvalue weighted by Gasteiger charge is 2.45. The fourth-order valence-corrected chi connectivity index (χ4v) is 3.64. The standard InChI is InChI=1S/C24H28N2O4/c1-3-5-6-15-30-19-11-9-17(10-12-19)22(27)20-21(18-8-7-13-25-16-18)26(14-4-2)24(29)23(20)28/h7-13,16,21,27H,3-6,14-15H2,1-2H3/b22-20-. The number of unbranched alkanes of at least 4 members (excludes halogenated alkanes) is 2. The Morgan fingerprint density at radius 2 is 1.87 bits per heavy atom. The molecule has 1 amide bonds. The van der Waals surface area contributed by atoms with Gasteiger partial charge in [-0.1, -0.05) is 32.8 Å². The third-order valence-corrected chi connectivity index (χ3v) is 5.15. The summed E-state index contributed by atoms with van der Waals surface area (Å²) in [7, 11) is 0. The number of carbonyl (C=O) groups is 2. The van der Waals surface area contributed by atoms with E-state index in [-0.39, 0.29) is 11.3 Å². The van der Waals surface area contributed by atoms with Crippen molar-refractivity contribution < 1.29 is 19.4 Å². The van der Waals surface area contributed by atoms with Crippen molar-refractivity contribution in [2.75, 3.05) is 13.2 Å². The molecule has 30 heavy (non-hydrogen) atoms. The molecule has 3 rings (SSSR count). The van der Waals surface area contributed by atoms with Gasteiger partial charge >= 0.3 is 0 Å². The van der Waals surface area contributed by atoms with Gasteiger partial charge in [0.25, 0.3) is 11.7 Å². The number of amides is 1. The fourth-order valence-electron chi connectivity index (χ4n) is 3.64. The summed E-state index contributed by atoms with van der Waals surface area (Å²) in [5.74, 6) is -0.742. The summed E-state index contributed by atoms with van der Waals surface area (Å²) in [6, 6.07) is 9.86. The average molecular weight is 408 g/mol. The van der Waals surface area contributed by atoms with Crippen LogP contribution in [0.1, 0.15) is 56.7 Å². The predicted molar refractivity (Wildman–Crippen MR) is 115 cm³/mol. The molecule has 2 heterocycles. The van der Waals surface area contributed by atoms with Crippen molar-refractivity contribution in [3.8, 4) is 5.75 Å². The van der Waals surface area contributed by atoms with Crippen LogP contribution in [-0.2, 0) is 9.59 Å². The number of carbonyl (C=O) groups excluding carboxylic acids is 2. The monoisotopic (exact) mass is 408 g/mol. The Kier molecular flexibility index (Phi) is 7.22. The molecule has 0 bridgehead atoms. The predicted octanol–water partition coefficient (Wildman–Crippen LogP) is 4.48. The van der Waals surface area contributed by atoms with E-state index in [1.807, 2.05) is 13.0 Å². The van der Waals surface area contributed by atoms with Gasteiger partial charge in [-0.3, -0.25) is 14.6 Å². The summed E-state index contributed by atoms with van der Waals surface area (Å²) in [5, 5.41) is 11.0.